The van der Waals surface area contributed by atoms with Gasteiger partial charge in [0.15, 0.2) is 0 Å². The third kappa shape index (κ3) is 2.65. The molecule has 2 heteroatoms. The first kappa shape index (κ1) is 9.82. The Kier molecular flexibility index (Phi) is 3.83. The van der Waals surface area contributed by atoms with Crippen molar-refractivity contribution in [3.05, 3.63) is 39.9 Å². The van der Waals surface area contributed by atoms with Crippen LogP contribution in [0.25, 0.3) is 6.08 Å². The lowest BCUT2D eigenvalue weighted by molar-refractivity contribution is 1.44. The van der Waals surface area contributed by atoms with E-state index in [1.807, 2.05) is 12.2 Å². The number of aryl methyl sites for hydroxylation is 1. The second-order valence-corrected chi connectivity index (χ2v) is 3.74. The fourth-order valence-corrected chi connectivity index (χ4v) is 1.65. The van der Waals surface area contributed by atoms with Crippen LogP contribution in [0.4, 0.5) is 0 Å². The van der Waals surface area contributed by atoms with E-state index in [4.69, 9.17) is 11.6 Å². The van der Waals surface area contributed by atoms with Crippen molar-refractivity contribution in [1.82, 2.24) is 0 Å². The number of allylic oxidation sites excluding steroid dienone is 1. The van der Waals surface area contributed by atoms with Crippen molar-refractivity contribution in [2.45, 2.75) is 6.92 Å². The first-order valence-electron chi connectivity index (χ1n) is 3.72. The molecule has 0 N–H and O–H groups in total. The van der Waals surface area contributed by atoms with E-state index in [9.17, 15) is 0 Å². The van der Waals surface area contributed by atoms with Crippen molar-refractivity contribution in [2.24, 2.45) is 0 Å². The van der Waals surface area contributed by atoms with E-state index < -0.39 is 0 Å². The van der Waals surface area contributed by atoms with Gasteiger partial charge in [-0.3, -0.25) is 0 Å². The second kappa shape index (κ2) is 4.68. The van der Waals surface area contributed by atoms with Gasteiger partial charge in [0.25, 0.3) is 0 Å². The maximum absolute atomic E-state index is 5.53. The van der Waals surface area contributed by atoms with E-state index in [0.29, 0.717) is 5.88 Å². The van der Waals surface area contributed by atoms with E-state index in [2.05, 4.69) is 41.1 Å². The number of alkyl halides is 1. The highest BCUT2D eigenvalue weighted by molar-refractivity contribution is 9.10. The molecule has 1 rings (SSSR count). The molecule has 0 radical (unpaired) electrons. The van der Waals surface area contributed by atoms with Crippen LogP contribution in [-0.2, 0) is 0 Å². The van der Waals surface area contributed by atoms with Gasteiger partial charge in [-0.2, -0.15) is 0 Å². The van der Waals surface area contributed by atoms with Crippen LogP contribution in [0.3, 0.4) is 0 Å². The van der Waals surface area contributed by atoms with Gasteiger partial charge in [-0.1, -0.05) is 40.2 Å². The zero-order valence-electron chi connectivity index (χ0n) is 6.85. The first-order valence-corrected chi connectivity index (χ1v) is 5.05. The van der Waals surface area contributed by atoms with Crippen molar-refractivity contribution in [3.63, 3.8) is 0 Å². The largest absolute Gasteiger partial charge is 0.122 e. The summed E-state index contributed by atoms with van der Waals surface area (Å²) in [6, 6.07) is 6.25. The van der Waals surface area contributed by atoms with E-state index in [1.54, 1.807) is 0 Å². The van der Waals surface area contributed by atoms with Gasteiger partial charge in [0.1, 0.15) is 0 Å². The van der Waals surface area contributed by atoms with Crippen molar-refractivity contribution >= 4 is 33.6 Å². The van der Waals surface area contributed by atoms with Crippen molar-refractivity contribution in [2.75, 3.05) is 5.88 Å². The predicted molar refractivity (Wildman–Crippen MR) is 58.6 cm³/mol. The molecule has 0 heterocycles. The molecule has 0 aliphatic heterocycles. The average Bonchev–Trinajstić information content (AvgIpc) is 2.03. The summed E-state index contributed by atoms with van der Waals surface area (Å²) in [7, 11) is 0. The molecule has 0 bridgehead atoms. The highest BCUT2D eigenvalue weighted by atomic mass is 79.9. The summed E-state index contributed by atoms with van der Waals surface area (Å²) < 4.78 is 1.11. The van der Waals surface area contributed by atoms with Crippen LogP contribution in [-0.4, -0.2) is 5.88 Å². The van der Waals surface area contributed by atoms with Crippen molar-refractivity contribution < 1.29 is 0 Å². The molecule has 0 fully saturated rings. The smallest absolute Gasteiger partial charge is 0.0407 e. The average molecular weight is 246 g/mol. The van der Waals surface area contributed by atoms with Crippen LogP contribution in [0.5, 0.6) is 0 Å². The molecule has 0 saturated carbocycles. The van der Waals surface area contributed by atoms with Gasteiger partial charge in [-0.15, -0.1) is 11.6 Å². The lowest BCUT2D eigenvalue weighted by Crippen LogP contribution is -1.77. The van der Waals surface area contributed by atoms with Crippen molar-refractivity contribution in [1.29, 1.82) is 0 Å². The number of hydrogen-bond acceptors (Lipinski definition) is 0. The standard InChI is InChI=1S/C10H10BrCl/c1-8-4-5-9(3-2-6-12)10(11)7-8/h2-5,7H,6H2,1H3/b3-2+. The predicted octanol–water partition coefficient (Wildman–Crippen LogP) is 4.01. The quantitative estimate of drug-likeness (QED) is 0.691. The van der Waals surface area contributed by atoms with Crippen LogP contribution in [0, 0.1) is 6.92 Å². The van der Waals surface area contributed by atoms with Crippen LogP contribution >= 0.6 is 27.5 Å². The topological polar surface area (TPSA) is 0 Å². The molecule has 1 aromatic rings. The molecule has 0 amide bonds. The van der Waals surface area contributed by atoms with Gasteiger partial charge in [0.2, 0.25) is 0 Å². The number of hydrogen-bond donors (Lipinski definition) is 0. The van der Waals surface area contributed by atoms with E-state index in [-0.39, 0.29) is 0 Å². The molecule has 0 nitrogen and oxygen atoms in total. The molecule has 0 aromatic heterocycles. The number of benzene rings is 1. The van der Waals surface area contributed by atoms with Gasteiger partial charge in [-0.25, -0.2) is 0 Å². The zero-order valence-corrected chi connectivity index (χ0v) is 9.19. The Morgan fingerprint density at radius 1 is 1.50 bits per heavy atom. The third-order valence-corrected chi connectivity index (χ3v) is 2.41. The Hall–Kier alpha value is -0.270. The summed E-state index contributed by atoms with van der Waals surface area (Å²) in [5.41, 5.74) is 2.42. The van der Waals surface area contributed by atoms with Gasteiger partial charge >= 0.3 is 0 Å². The molecular weight excluding hydrogens is 235 g/mol. The Bertz CT molecular complexity index is 292. The minimum Gasteiger partial charge on any atom is -0.122 e. The third-order valence-electron chi connectivity index (χ3n) is 1.54. The van der Waals surface area contributed by atoms with E-state index in [0.717, 1.165) is 4.47 Å². The van der Waals surface area contributed by atoms with Crippen LogP contribution in [0.1, 0.15) is 11.1 Å². The van der Waals surface area contributed by atoms with Crippen LogP contribution < -0.4 is 0 Å². The summed E-state index contributed by atoms with van der Waals surface area (Å²) in [6.45, 7) is 2.07. The van der Waals surface area contributed by atoms with Gasteiger partial charge in [0, 0.05) is 10.4 Å². The second-order valence-electron chi connectivity index (χ2n) is 2.58. The monoisotopic (exact) mass is 244 g/mol. The molecule has 1 aromatic carbocycles. The lowest BCUT2D eigenvalue weighted by Gasteiger charge is -1.98. The van der Waals surface area contributed by atoms with Gasteiger partial charge in [0.05, 0.1) is 0 Å². The molecule has 0 aliphatic rings. The fourth-order valence-electron chi connectivity index (χ4n) is 0.939. The fraction of sp³-hybridized carbons (Fsp3) is 0.200. The maximum Gasteiger partial charge on any atom is 0.0407 e. The van der Waals surface area contributed by atoms with E-state index >= 15 is 0 Å². The SMILES string of the molecule is Cc1ccc(/C=C/CCl)c(Br)c1. The number of rotatable bonds is 2. The Balaban J connectivity index is 2.94. The first-order chi connectivity index (χ1) is 5.74. The summed E-state index contributed by atoms with van der Waals surface area (Å²) in [5.74, 6) is 0.556. The molecule has 0 spiro atoms. The summed E-state index contributed by atoms with van der Waals surface area (Å²) in [6.07, 6.45) is 3.94. The molecule has 64 valence electrons. The molecule has 0 atom stereocenters. The van der Waals surface area contributed by atoms with Gasteiger partial charge in [-0.05, 0) is 24.1 Å². The molecule has 0 unspecified atom stereocenters. The highest BCUT2D eigenvalue weighted by Gasteiger charge is 1.94. The summed E-state index contributed by atoms with van der Waals surface area (Å²) in [4.78, 5) is 0. The Labute approximate surface area is 86.4 Å². The van der Waals surface area contributed by atoms with Crippen molar-refractivity contribution in [3.8, 4) is 0 Å². The highest BCUT2D eigenvalue weighted by Crippen LogP contribution is 2.19. The van der Waals surface area contributed by atoms with Crippen LogP contribution in [0.15, 0.2) is 28.7 Å². The minimum absolute atomic E-state index is 0.556. The summed E-state index contributed by atoms with van der Waals surface area (Å²) >= 11 is 9.02. The maximum atomic E-state index is 5.53. The normalized spacial score (nSPS) is 10.9. The van der Waals surface area contributed by atoms with Crippen LogP contribution in [0.2, 0.25) is 0 Å². The van der Waals surface area contributed by atoms with E-state index in [1.165, 1.54) is 11.1 Å². The number of halogens is 2. The molecular formula is C10H10BrCl. The van der Waals surface area contributed by atoms with Gasteiger partial charge < -0.3 is 0 Å². The Morgan fingerprint density at radius 3 is 2.83 bits per heavy atom. The zero-order chi connectivity index (χ0) is 8.97. The lowest BCUT2D eigenvalue weighted by atomic mass is 10.1. The molecule has 0 aliphatic carbocycles. The Morgan fingerprint density at radius 2 is 2.25 bits per heavy atom. The minimum atomic E-state index is 0.556. The molecule has 12 heavy (non-hydrogen) atoms. The molecule has 0 saturated heterocycles. The summed E-state index contributed by atoms with van der Waals surface area (Å²) in [5, 5.41) is 0.